The second-order valence-electron chi connectivity index (χ2n) is 3.15. The van der Waals surface area contributed by atoms with Crippen molar-refractivity contribution in [3.05, 3.63) is 23.9 Å². The summed E-state index contributed by atoms with van der Waals surface area (Å²) in [5.41, 5.74) is 6.07. The Kier molecular flexibility index (Phi) is 4.24. The van der Waals surface area contributed by atoms with Gasteiger partial charge in [-0.25, -0.2) is 4.98 Å². The van der Waals surface area contributed by atoms with E-state index in [2.05, 4.69) is 4.98 Å². The number of carbonyl (C=O) groups is 1. The van der Waals surface area contributed by atoms with Crippen molar-refractivity contribution in [2.75, 3.05) is 12.3 Å². The highest BCUT2D eigenvalue weighted by atomic mass is 16.5. The highest BCUT2D eigenvalue weighted by molar-refractivity contribution is 6.02. The Balaban J connectivity index is 2.88. The topological polar surface area (TPSA) is 65.2 Å². The Morgan fingerprint density at radius 3 is 2.87 bits per heavy atom. The Morgan fingerprint density at radius 2 is 2.33 bits per heavy atom. The number of Topliss-reactive ketones (excluding diaryl/α,β-unsaturated/α-hetero) is 1. The van der Waals surface area contributed by atoms with Crippen LogP contribution in [0.5, 0.6) is 0 Å². The predicted molar refractivity (Wildman–Crippen MR) is 58.7 cm³/mol. The monoisotopic (exact) mass is 208 g/mol. The van der Waals surface area contributed by atoms with Gasteiger partial charge in [0.1, 0.15) is 11.9 Å². The van der Waals surface area contributed by atoms with Crippen LogP contribution in [0.4, 0.5) is 5.82 Å². The summed E-state index contributed by atoms with van der Waals surface area (Å²) < 4.78 is 5.33. The van der Waals surface area contributed by atoms with Gasteiger partial charge in [-0.2, -0.15) is 0 Å². The van der Waals surface area contributed by atoms with E-state index < -0.39 is 6.10 Å². The molecular weight excluding hydrogens is 192 g/mol. The molecular formula is C11H16N2O2. The standard InChI is InChI=1S/C11H16N2O2/c1-3-9(15-4-2)10(14)8-6-5-7-13-11(8)12/h5-7,9H,3-4H2,1-2H3,(H2,12,13). The van der Waals surface area contributed by atoms with Crippen LogP contribution in [0.2, 0.25) is 0 Å². The van der Waals surface area contributed by atoms with Crippen molar-refractivity contribution in [2.24, 2.45) is 0 Å². The maximum atomic E-state index is 11.9. The number of hydrogen-bond donors (Lipinski definition) is 1. The van der Waals surface area contributed by atoms with Crippen LogP contribution in [-0.4, -0.2) is 23.5 Å². The molecule has 0 fully saturated rings. The average molecular weight is 208 g/mol. The number of anilines is 1. The molecule has 1 aromatic heterocycles. The van der Waals surface area contributed by atoms with E-state index >= 15 is 0 Å². The van der Waals surface area contributed by atoms with Crippen LogP contribution >= 0.6 is 0 Å². The van der Waals surface area contributed by atoms with Gasteiger partial charge in [-0.05, 0) is 25.5 Å². The maximum absolute atomic E-state index is 11.9. The van der Waals surface area contributed by atoms with Gasteiger partial charge < -0.3 is 10.5 Å². The summed E-state index contributed by atoms with van der Waals surface area (Å²) in [6, 6.07) is 3.37. The number of nitrogen functional groups attached to an aromatic ring is 1. The second-order valence-corrected chi connectivity index (χ2v) is 3.15. The third kappa shape index (κ3) is 2.76. The van der Waals surface area contributed by atoms with Crippen LogP contribution in [0.25, 0.3) is 0 Å². The molecule has 0 saturated carbocycles. The molecule has 0 bridgehead atoms. The van der Waals surface area contributed by atoms with Gasteiger partial charge in [0.25, 0.3) is 0 Å². The molecule has 0 amide bonds. The first kappa shape index (κ1) is 11.7. The van der Waals surface area contributed by atoms with Crippen LogP contribution in [0.1, 0.15) is 30.6 Å². The molecule has 1 heterocycles. The van der Waals surface area contributed by atoms with E-state index in [0.717, 1.165) is 0 Å². The molecule has 1 atom stereocenters. The normalized spacial score (nSPS) is 12.4. The van der Waals surface area contributed by atoms with Crippen molar-refractivity contribution in [3.8, 4) is 0 Å². The van der Waals surface area contributed by atoms with Gasteiger partial charge in [0.15, 0.2) is 5.78 Å². The molecule has 2 N–H and O–H groups in total. The molecule has 1 unspecified atom stereocenters. The van der Waals surface area contributed by atoms with Crippen LogP contribution in [0.3, 0.4) is 0 Å². The van der Waals surface area contributed by atoms with Crippen LogP contribution in [0.15, 0.2) is 18.3 Å². The fraction of sp³-hybridized carbons (Fsp3) is 0.455. The van der Waals surface area contributed by atoms with Crippen molar-refractivity contribution in [3.63, 3.8) is 0 Å². The molecule has 0 aromatic carbocycles. The smallest absolute Gasteiger partial charge is 0.195 e. The van der Waals surface area contributed by atoms with Gasteiger partial charge >= 0.3 is 0 Å². The molecule has 0 aliphatic heterocycles. The number of hydrogen-bond acceptors (Lipinski definition) is 4. The fourth-order valence-corrected chi connectivity index (χ4v) is 1.38. The maximum Gasteiger partial charge on any atom is 0.195 e. The molecule has 4 nitrogen and oxygen atoms in total. The Morgan fingerprint density at radius 1 is 1.60 bits per heavy atom. The van der Waals surface area contributed by atoms with E-state index in [0.29, 0.717) is 18.6 Å². The largest absolute Gasteiger partial charge is 0.383 e. The zero-order valence-electron chi connectivity index (χ0n) is 9.06. The molecule has 4 heteroatoms. The molecule has 0 spiro atoms. The second kappa shape index (κ2) is 5.46. The molecule has 1 rings (SSSR count). The predicted octanol–water partition coefficient (Wildman–Crippen LogP) is 1.66. The lowest BCUT2D eigenvalue weighted by molar-refractivity contribution is 0.0444. The lowest BCUT2D eigenvalue weighted by Crippen LogP contribution is -2.24. The zero-order valence-corrected chi connectivity index (χ0v) is 9.06. The summed E-state index contributed by atoms with van der Waals surface area (Å²) in [4.78, 5) is 15.8. The molecule has 0 radical (unpaired) electrons. The third-order valence-electron chi connectivity index (χ3n) is 2.14. The lowest BCUT2D eigenvalue weighted by Gasteiger charge is -2.14. The molecule has 0 aliphatic carbocycles. The highest BCUT2D eigenvalue weighted by Gasteiger charge is 2.20. The average Bonchev–Trinajstić information content (AvgIpc) is 2.25. The van der Waals surface area contributed by atoms with E-state index in [1.165, 1.54) is 0 Å². The van der Waals surface area contributed by atoms with Crippen molar-refractivity contribution in [2.45, 2.75) is 26.4 Å². The molecule has 1 aromatic rings. The van der Waals surface area contributed by atoms with Gasteiger partial charge in [-0.1, -0.05) is 6.92 Å². The first-order valence-corrected chi connectivity index (χ1v) is 5.07. The minimum atomic E-state index is -0.415. The number of ketones is 1. The van der Waals surface area contributed by atoms with Crippen molar-refractivity contribution in [1.82, 2.24) is 4.98 Å². The minimum Gasteiger partial charge on any atom is -0.383 e. The summed E-state index contributed by atoms with van der Waals surface area (Å²) >= 11 is 0. The summed E-state index contributed by atoms with van der Waals surface area (Å²) in [6.45, 7) is 4.29. The number of nitrogens with two attached hydrogens (primary N) is 1. The van der Waals surface area contributed by atoms with Crippen molar-refractivity contribution in [1.29, 1.82) is 0 Å². The van der Waals surface area contributed by atoms with Crippen LogP contribution in [0, 0.1) is 0 Å². The number of pyridine rings is 1. The molecule has 0 aliphatic rings. The van der Waals surface area contributed by atoms with Crippen LogP contribution in [-0.2, 0) is 4.74 Å². The number of ether oxygens (including phenoxy) is 1. The lowest BCUT2D eigenvalue weighted by atomic mass is 10.1. The minimum absolute atomic E-state index is 0.0926. The summed E-state index contributed by atoms with van der Waals surface area (Å²) in [7, 11) is 0. The van der Waals surface area contributed by atoms with E-state index in [9.17, 15) is 4.79 Å². The third-order valence-corrected chi connectivity index (χ3v) is 2.14. The van der Waals surface area contributed by atoms with Gasteiger partial charge in [-0.15, -0.1) is 0 Å². The first-order valence-electron chi connectivity index (χ1n) is 5.07. The Labute approximate surface area is 89.5 Å². The van der Waals surface area contributed by atoms with E-state index in [1.54, 1.807) is 18.3 Å². The highest BCUT2D eigenvalue weighted by Crippen LogP contribution is 2.13. The SMILES string of the molecule is CCOC(CC)C(=O)c1cccnc1N. The summed E-state index contributed by atoms with van der Waals surface area (Å²) in [5.74, 6) is 0.172. The number of nitrogens with zero attached hydrogens (tertiary/aromatic N) is 1. The quantitative estimate of drug-likeness (QED) is 0.747. The number of carbonyl (C=O) groups excluding carboxylic acids is 1. The van der Waals surface area contributed by atoms with E-state index in [4.69, 9.17) is 10.5 Å². The summed E-state index contributed by atoms with van der Waals surface area (Å²) in [6.07, 6.45) is 1.79. The zero-order chi connectivity index (χ0) is 11.3. The van der Waals surface area contributed by atoms with Gasteiger partial charge in [-0.3, -0.25) is 4.79 Å². The first-order chi connectivity index (χ1) is 7.20. The van der Waals surface area contributed by atoms with Gasteiger partial charge in [0, 0.05) is 12.8 Å². The molecule has 0 saturated heterocycles. The van der Waals surface area contributed by atoms with Crippen LogP contribution < -0.4 is 5.73 Å². The number of aromatic nitrogens is 1. The van der Waals surface area contributed by atoms with Crippen molar-refractivity contribution < 1.29 is 9.53 Å². The summed E-state index contributed by atoms with van der Waals surface area (Å²) in [5, 5.41) is 0. The molecule has 82 valence electrons. The Hall–Kier alpha value is -1.42. The van der Waals surface area contributed by atoms with E-state index in [1.807, 2.05) is 13.8 Å². The molecule has 15 heavy (non-hydrogen) atoms. The van der Waals surface area contributed by atoms with Gasteiger partial charge in [0.2, 0.25) is 0 Å². The van der Waals surface area contributed by atoms with Gasteiger partial charge in [0.05, 0.1) is 5.56 Å². The van der Waals surface area contributed by atoms with Crippen molar-refractivity contribution >= 4 is 11.6 Å². The van der Waals surface area contributed by atoms with E-state index in [-0.39, 0.29) is 11.6 Å². The Bertz CT molecular complexity index is 339. The number of rotatable bonds is 5. The fourth-order valence-electron chi connectivity index (χ4n) is 1.38.